The highest BCUT2D eigenvalue weighted by Gasteiger charge is 2.18. The van der Waals surface area contributed by atoms with Crippen molar-refractivity contribution in [2.24, 2.45) is 5.92 Å². The van der Waals surface area contributed by atoms with Gasteiger partial charge in [-0.1, -0.05) is 6.92 Å². The molecular weight excluding hydrogens is 266 g/mol. The molecule has 1 atom stereocenters. The zero-order valence-electron chi connectivity index (χ0n) is 10.7. The number of hydrogen-bond acceptors (Lipinski definition) is 5. The molecular formula is C12H17N3O3S. The van der Waals surface area contributed by atoms with Gasteiger partial charge in [-0.15, -0.1) is 0 Å². The van der Waals surface area contributed by atoms with Gasteiger partial charge in [-0.25, -0.2) is 18.1 Å². The summed E-state index contributed by atoms with van der Waals surface area (Å²) in [5.74, 6) is 0.151. The van der Waals surface area contributed by atoms with Gasteiger partial charge in [0.15, 0.2) is 5.69 Å². The quantitative estimate of drug-likeness (QED) is 0.715. The molecule has 1 aromatic heterocycles. The Morgan fingerprint density at radius 3 is 2.95 bits per heavy atom. The van der Waals surface area contributed by atoms with Gasteiger partial charge < -0.3 is 5.11 Å². The van der Waals surface area contributed by atoms with Crippen LogP contribution in [0.4, 0.5) is 0 Å². The van der Waals surface area contributed by atoms with Crippen molar-refractivity contribution in [3.05, 3.63) is 24.0 Å². The standard InChI is InChI=1S/C12H17N3O3S/c1-10(9-16)4-2-7-15-19(17,18)12-5-3-6-14-11(12)8-13/h3,5-6,10,15-16H,2,4,7,9H2,1H3. The third kappa shape index (κ3) is 4.59. The van der Waals surface area contributed by atoms with Gasteiger partial charge in [0, 0.05) is 19.3 Å². The summed E-state index contributed by atoms with van der Waals surface area (Å²) in [5.41, 5.74) is -0.112. The monoisotopic (exact) mass is 283 g/mol. The maximum Gasteiger partial charge on any atom is 0.243 e. The van der Waals surface area contributed by atoms with E-state index in [9.17, 15) is 8.42 Å². The molecule has 0 amide bonds. The molecule has 0 bridgehead atoms. The molecule has 19 heavy (non-hydrogen) atoms. The van der Waals surface area contributed by atoms with Crippen LogP contribution in [0, 0.1) is 17.2 Å². The molecule has 1 unspecified atom stereocenters. The fourth-order valence-corrected chi connectivity index (χ4v) is 2.70. The fraction of sp³-hybridized carbons (Fsp3) is 0.500. The summed E-state index contributed by atoms with van der Waals surface area (Å²) in [5, 5.41) is 17.7. The molecule has 0 aliphatic rings. The van der Waals surface area contributed by atoms with Crippen LogP contribution in [-0.4, -0.2) is 31.7 Å². The molecule has 0 aliphatic heterocycles. The highest BCUT2D eigenvalue weighted by molar-refractivity contribution is 7.89. The van der Waals surface area contributed by atoms with Gasteiger partial charge in [-0.2, -0.15) is 5.26 Å². The van der Waals surface area contributed by atoms with Crippen LogP contribution in [0.2, 0.25) is 0 Å². The smallest absolute Gasteiger partial charge is 0.243 e. The average Bonchev–Trinajstić information content (AvgIpc) is 2.43. The Morgan fingerprint density at radius 2 is 2.32 bits per heavy atom. The number of rotatable bonds is 7. The van der Waals surface area contributed by atoms with E-state index < -0.39 is 10.0 Å². The fourth-order valence-electron chi connectivity index (χ4n) is 1.52. The molecule has 0 aromatic carbocycles. The third-order valence-electron chi connectivity index (χ3n) is 2.64. The minimum absolute atomic E-state index is 0.0912. The normalized spacial score (nSPS) is 12.9. The summed E-state index contributed by atoms with van der Waals surface area (Å²) in [6.45, 7) is 2.25. The molecule has 0 saturated carbocycles. The maximum absolute atomic E-state index is 12.0. The third-order valence-corrected chi connectivity index (χ3v) is 4.14. The first-order valence-electron chi connectivity index (χ1n) is 5.97. The minimum atomic E-state index is -3.71. The number of pyridine rings is 1. The second-order valence-electron chi connectivity index (χ2n) is 4.29. The zero-order valence-corrected chi connectivity index (χ0v) is 11.5. The molecule has 104 valence electrons. The van der Waals surface area contributed by atoms with Crippen LogP contribution in [0.15, 0.2) is 23.2 Å². The number of aliphatic hydroxyl groups is 1. The summed E-state index contributed by atoms with van der Waals surface area (Å²) in [7, 11) is -3.71. The molecule has 7 heteroatoms. The molecule has 0 aliphatic carbocycles. The van der Waals surface area contributed by atoms with Crippen LogP contribution >= 0.6 is 0 Å². The summed E-state index contributed by atoms with van der Waals surface area (Å²) in [4.78, 5) is 3.62. The van der Waals surface area contributed by atoms with E-state index in [0.29, 0.717) is 6.42 Å². The van der Waals surface area contributed by atoms with Crippen molar-refractivity contribution in [2.45, 2.75) is 24.7 Å². The predicted molar refractivity (Wildman–Crippen MR) is 69.6 cm³/mol. The molecule has 0 saturated heterocycles. The molecule has 0 spiro atoms. The second kappa shape index (κ2) is 7.19. The van der Waals surface area contributed by atoms with Gasteiger partial charge >= 0.3 is 0 Å². The number of nitrogens with zero attached hydrogens (tertiary/aromatic N) is 2. The first-order chi connectivity index (χ1) is 9.01. The molecule has 1 aromatic rings. The van der Waals surface area contributed by atoms with E-state index in [2.05, 4.69) is 9.71 Å². The number of nitriles is 1. The number of nitrogens with one attached hydrogen (secondary N) is 1. The Morgan fingerprint density at radius 1 is 1.58 bits per heavy atom. The largest absolute Gasteiger partial charge is 0.396 e. The van der Waals surface area contributed by atoms with Crippen LogP contribution in [0.1, 0.15) is 25.5 Å². The van der Waals surface area contributed by atoms with Gasteiger partial charge in [0.1, 0.15) is 11.0 Å². The van der Waals surface area contributed by atoms with E-state index in [1.807, 2.05) is 6.92 Å². The summed E-state index contributed by atoms with van der Waals surface area (Å²) < 4.78 is 26.4. The number of sulfonamides is 1. The van der Waals surface area contributed by atoms with Crippen molar-refractivity contribution in [1.29, 1.82) is 5.26 Å². The van der Waals surface area contributed by atoms with Crippen molar-refractivity contribution in [3.63, 3.8) is 0 Å². The molecule has 6 nitrogen and oxygen atoms in total. The Labute approximate surface area is 113 Å². The lowest BCUT2D eigenvalue weighted by molar-refractivity contribution is 0.228. The van der Waals surface area contributed by atoms with Crippen LogP contribution in [0.25, 0.3) is 0 Å². The summed E-state index contributed by atoms with van der Waals surface area (Å²) in [6.07, 6.45) is 2.74. The topological polar surface area (TPSA) is 103 Å². The highest BCUT2D eigenvalue weighted by Crippen LogP contribution is 2.12. The number of hydrogen-bond donors (Lipinski definition) is 2. The number of aliphatic hydroxyl groups excluding tert-OH is 1. The van der Waals surface area contributed by atoms with E-state index in [4.69, 9.17) is 10.4 Å². The van der Waals surface area contributed by atoms with Crippen molar-refractivity contribution in [1.82, 2.24) is 9.71 Å². The van der Waals surface area contributed by atoms with E-state index >= 15 is 0 Å². The van der Waals surface area contributed by atoms with Gasteiger partial charge in [0.2, 0.25) is 10.0 Å². The van der Waals surface area contributed by atoms with Crippen molar-refractivity contribution in [3.8, 4) is 6.07 Å². The predicted octanol–water partition coefficient (Wildman–Crippen LogP) is 0.640. The average molecular weight is 283 g/mol. The SMILES string of the molecule is CC(CO)CCCNS(=O)(=O)c1cccnc1C#N. The number of aromatic nitrogens is 1. The molecule has 1 rings (SSSR count). The second-order valence-corrected chi connectivity index (χ2v) is 6.03. The van der Waals surface area contributed by atoms with Crippen molar-refractivity contribution >= 4 is 10.0 Å². The molecule has 0 fully saturated rings. The van der Waals surface area contributed by atoms with Crippen LogP contribution in [0.5, 0.6) is 0 Å². The summed E-state index contributed by atoms with van der Waals surface area (Å²) in [6, 6.07) is 4.58. The Bertz CT molecular complexity index is 552. The minimum Gasteiger partial charge on any atom is -0.396 e. The van der Waals surface area contributed by atoms with Gasteiger partial charge in [-0.3, -0.25) is 0 Å². The van der Waals surface area contributed by atoms with Gasteiger partial charge in [0.25, 0.3) is 0 Å². The first-order valence-corrected chi connectivity index (χ1v) is 7.45. The van der Waals surface area contributed by atoms with Gasteiger partial charge in [0.05, 0.1) is 0 Å². The van der Waals surface area contributed by atoms with E-state index in [1.54, 1.807) is 6.07 Å². The van der Waals surface area contributed by atoms with Crippen molar-refractivity contribution in [2.75, 3.05) is 13.2 Å². The lowest BCUT2D eigenvalue weighted by atomic mass is 10.1. The molecule has 2 N–H and O–H groups in total. The molecule has 1 heterocycles. The Kier molecular flexibility index (Phi) is 5.89. The molecule has 0 radical (unpaired) electrons. The maximum atomic E-state index is 12.0. The Balaban J connectivity index is 2.64. The van der Waals surface area contributed by atoms with Crippen LogP contribution < -0.4 is 4.72 Å². The van der Waals surface area contributed by atoms with E-state index in [1.165, 1.54) is 18.3 Å². The first kappa shape index (κ1) is 15.6. The highest BCUT2D eigenvalue weighted by atomic mass is 32.2. The summed E-state index contributed by atoms with van der Waals surface area (Å²) >= 11 is 0. The lowest BCUT2D eigenvalue weighted by Crippen LogP contribution is -2.26. The lowest BCUT2D eigenvalue weighted by Gasteiger charge is -2.09. The van der Waals surface area contributed by atoms with Crippen molar-refractivity contribution < 1.29 is 13.5 Å². The van der Waals surface area contributed by atoms with Crippen LogP contribution in [0.3, 0.4) is 0 Å². The van der Waals surface area contributed by atoms with E-state index in [0.717, 1.165) is 6.42 Å². The van der Waals surface area contributed by atoms with Gasteiger partial charge in [-0.05, 0) is 30.9 Å². The van der Waals surface area contributed by atoms with E-state index in [-0.39, 0.29) is 29.7 Å². The zero-order chi connectivity index (χ0) is 14.3. The Hall–Kier alpha value is -1.49. The van der Waals surface area contributed by atoms with Crippen LogP contribution in [-0.2, 0) is 10.0 Å².